The lowest BCUT2D eigenvalue weighted by molar-refractivity contribution is -0.114. The van der Waals surface area contributed by atoms with Gasteiger partial charge in [0.05, 0.1) is 4.90 Å². The molecule has 0 aliphatic heterocycles. The van der Waals surface area contributed by atoms with Crippen LogP contribution < -0.4 is 10.0 Å². The first-order chi connectivity index (χ1) is 9.26. The Kier molecular flexibility index (Phi) is 5.71. The Balaban J connectivity index is 2.96. The molecule has 1 atom stereocenters. The van der Waals surface area contributed by atoms with Gasteiger partial charge in [-0.05, 0) is 44.0 Å². The molecule has 6 heteroatoms. The van der Waals surface area contributed by atoms with E-state index >= 15 is 0 Å². The molecule has 0 spiro atoms. The molecule has 0 unspecified atom stereocenters. The molecule has 1 aromatic rings. The van der Waals surface area contributed by atoms with Crippen LogP contribution in [0.25, 0.3) is 0 Å². The monoisotopic (exact) mass is 298 g/mol. The van der Waals surface area contributed by atoms with E-state index in [4.69, 9.17) is 0 Å². The Morgan fingerprint density at radius 2 is 2.00 bits per heavy atom. The predicted octanol–water partition coefficient (Wildman–Crippen LogP) is 2.42. The topological polar surface area (TPSA) is 75.3 Å². The van der Waals surface area contributed by atoms with Gasteiger partial charge < -0.3 is 5.32 Å². The molecule has 0 heterocycles. The summed E-state index contributed by atoms with van der Waals surface area (Å²) in [4.78, 5) is 11.2. The number of anilines is 1. The quantitative estimate of drug-likeness (QED) is 0.847. The molecule has 0 radical (unpaired) electrons. The van der Waals surface area contributed by atoms with E-state index in [0.29, 0.717) is 11.3 Å². The van der Waals surface area contributed by atoms with Gasteiger partial charge >= 0.3 is 0 Å². The zero-order valence-electron chi connectivity index (χ0n) is 12.4. The van der Waals surface area contributed by atoms with E-state index in [1.807, 2.05) is 13.8 Å². The highest BCUT2D eigenvalue weighted by Gasteiger charge is 2.17. The zero-order valence-corrected chi connectivity index (χ0v) is 13.2. The molecule has 112 valence electrons. The SMILES string of the molecule is CCC[C@H](C)NS(=O)(=O)c1ccc(NC(C)=O)c(C)c1. The third-order valence-electron chi connectivity index (χ3n) is 2.90. The van der Waals surface area contributed by atoms with Gasteiger partial charge in [-0.2, -0.15) is 0 Å². The maximum Gasteiger partial charge on any atom is 0.240 e. The van der Waals surface area contributed by atoms with E-state index in [1.54, 1.807) is 19.1 Å². The Morgan fingerprint density at radius 1 is 1.35 bits per heavy atom. The zero-order chi connectivity index (χ0) is 15.3. The minimum Gasteiger partial charge on any atom is -0.326 e. The Bertz CT molecular complexity index is 582. The smallest absolute Gasteiger partial charge is 0.240 e. The minimum atomic E-state index is -3.51. The number of sulfonamides is 1. The van der Waals surface area contributed by atoms with Crippen molar-refractivity contribution in [2.75, 3.05) is 5.32 Å². The van der Waals surface area contributed by atoms with Crippen LogP contribution in [0.4, 0.5) is 5.69 Å². The van der Waals surface area contributed by atoms with Crippen molar-refractivity contribution in [3.63, 3.8) is 0 Å². The number of amides is 1. The normalized spacial score (nSPS) is 13.0. The molecular formula is C14H22N2O3S. The molecule has 0 aliphatic carbocycles. The average Bonchev–Trinajstić information content (AvgIpc) is 2.30. The first-order valence-electron chi connectivity index (χ1n) is 6.67. The number of aryl methyl sites for hydroxylation is 1. The van der Waals surface area contributed by atoms with Crippen LogP contribution >= 0.6 is 0 Å². The summed E-state index contributed by atoms with van der Waals surface area (Å²) in [7, 11) is -3.51. The van der Waals surface area contributed by atoms with Crippen LogP contribution in [0.15, 0.2) is 23.1 Å². The second-order valence-corrected chi connectivity index (χ2v) is 6.68. The van der Waals surface area contributed by atoms with Crippen molar-refractivity contribution in [1.29, 1.82) is 0 Å². The summed E-state index contributed by atoms with van der Waals surface area (Å²) < 4.78 is 27.1. The van der Waals surface area contributed by atoms with Gasteiger partial charge in [0.2, 0.25) is 15.9 Å². The van der Waals surface area contributed by atoms with Crippen LogP contribution in [0.1, 0.15) is 39.2 Å². The van der Waals surface area contributed by atoms with Crippen molar-refractivity contribution >= 4 is 21.6 Å². The van der Waals surface area contributed by atoms with E-state index < -0.39 is 10.0 Å². The van der Waals surface area contributed by atoms with E-state index in [1.165, 1.54) is 13.0 Å². The van der Waals surface area contributed by atoms with Crippen LogP contribution in [0.2, 0.25) is 0 Å². The number of hydrogen-bond donors (Lipinski definition) is 2. The van der Waals surface area contributed by atoms with Crippen molar-refractivity contribution in [2.45, 2.75) is 51.5 Å². The van der Waals surface area contributed by atoms with Crippen LogP contribution in [0.5, 0.6) is 0 Å². The van der Waals surface area contributed by atoms with E-state index in [2.05, 4.69) is 10.0 Å². The number of carbonyl (C=O) groups excluding carboxylic acids is 1. The van der Waals surface area contributed by atoms with Gasteiger partial charge in [0.25, 0.3) is 0 Å². The lowest BCUT2D eigenvalue weighted by Gasteiger charge is -2.14. The first-order valence-corrected chi connectivity index (χ1v) is 8.15. The van der Waals surface area contributed by atoms with Crippen LogP contribution in [-0.4, -0.2) is 20.4 Å². The summed E-state index contributed by atoms with van der Waals surface area (Å²) in [5, 5.41) is 2.66. The first kappa shape index (κ1) is 16.7. The van der Waals surface area contributed by atoms with Crippen molar-refractivity contribution in [1.82, 2.24) is 4.72 Å². The molecule has 20 heavy (non-hydrogen) atoms. The predicted molar refractivity (Wildman–Crippen MR) is 80.2 cm³/mol. The number of benzene rings is 1. The highest BCUT2D eigenvalue weighted by Crippen LogP contribution is 2.20. The molecule has 0 bridgehead atoms. The maximum atomic E-state index is 12.2. The average molecular weight is 298 g/mol. The number of carbonyl (C=O) groups is 1. The standard InChI is InChI=1S/C14H22N2O3S/c1-5-6-11(3)16-20(18,19)13-7-8-14(10(2)9-13)15-12(4)17/h7-9,11,16H,5-6H2,1-4H3,(H,15,17)/t11-/m0/s1. The minimum absolute atomic E-state index is 0.0969. The largest absolute Gasteiger partial charge is 0.326 e. The van der Waals surface area contributed by atoms with Gasteiger partial charge in [-0.25, -0.2) is 13.1 Å². The highest BCUT2D eigenvalue weighted by molar-refractivity contribution is 7.89. The lowest BCUT2D eigenvalue weighted by Crippen LogP contribution is -2.32. The van der Waals surface area contributed by atoms with Gasteiger partial charge in [0.1, 0.15) is 0 Å². The molecule has 0 saturated carbocycles. The molecule has 0 fully saturated rings. The fraction of sp³-hybridized carbons (Fsp3) is 0.500. The van der Waals surface area contributed by atoms with Crippen molar-refractivity contribution in [2.24, 2.45) is 0 Å². The summed E-state index contributed by atoms with van der Waals surface area (Å²) in [5.41, 5.74) is 1.34. The lowest BCUT2D eigenvalue weighted by atomic mass is 10.2. The van der Waals surface area contributed by atoms with E-state index in [9.17, 15) is 13.2 Å². The Hall–Kier alpha value is -1.40. The van der Waals surface area contributed by atoms with Crippen LogP contribution in [-0.2, 0) is 14.8 Å². The van der Waals surface area contributed by atoms with Gasteiger partial charge in [-0.15, -0.1) is 0 Å². The molecule has 1 aromatic carbocycles. The number of nitrogens with one attached hydrogen (secondary N) is 2. The highest BCUT2D eigenvalue weighted by atomic mass is 32.2. The summed E-state index contributed by atoms with van der Waals surface area (Å²) in [6, 6.07) is 4.57. The fourth-order valence-electron chi connectivity index (χ4n) is 1.96. The fourth-order valence-corrected chi connectivity index (χ4v) is 3.32. The van der Waals surface area contributed by atoms with Crippen molar-refractivity contribution < 1.29 is 13.2 Å². The Labute approximate surface area is 120 Å². The van der Waals surface area contributed by atoms with Gasteiger partial charge in [-0.3, -0.25) is 4.79 Å². The molecule has 5 nitrogen and oxygen atoms in total. The van der Waals surface area contributed by atoms with Gasteiger partial charge in [0.15, 0.2) is 0 Å². The van der Waals surface area contributed by atoms with Gasteiger partial charge in [-0.1, -0.05) is 13.3 Å². The number of hydrogen-bond acceptors (Lipinski definition) is 3. The molecule has 0 aliphatic rings. The van der Waals surface area contributed by atoms with Crippen LogP contribution in [0, 0.1) is 6.92 Å². The maximum absolute atomic E-state index is 12.2. The molecule has 1 amide bonds. The summed E-state index contributed by atoms with van der Waals surface area (Å²) in [5.74, 6) is -0.182. The second kappa shape index (κ2) is 6.85. The summed E-state index contributed by atoms with van der Waals surface area (Å²) >= 11 is 0. The molecule has 2 N–H and O–H groups in total. The van der Waals surface area contributed by atoms with Gasteiger partial charge in [0, 0.05) is 18.7 Å². The number of rotatable bonds is 6. The molecule has 0 saturated heterocycles. The Morgan fingerprint density at radius 3 is 2.50 bits per heavy atom. The summed E-state index contributed by atoms with van der Waals surface area (Å²) in [6.45, 7) is 7.04. The third kappa shape index (κ3) is 4.61. The van der Waals surface area contributed by atoms with Crippen molar-refractivity contribution in [3.8, 4) is 0 Å². The van der Waals surface area contributed by atoms with Crippen molar-refractivity contribution in [3.05, 3.63) is 23.8 Å². The summed E-state index contributed by atoms with van der Waals surface area (Å²) in [6.07, 6.45) is 1.71. The third-order valence-corrected chi connectivity index (χ3v) is 4.48. The molecular weight excluding hydrogens is 276 g/mol. The second-order valence-electron chi connectivity index (χ2n) is 4.97. The van der Waals surface area contributed by atoms with E-state index in [-0.39, 0.29) is 16.8 Å². The molecule has 1 rings (SSSR count). The van der Waals surface area contributed by atoms with Crippen LogP contribution in [0.3, 0.4) is 0 Å². The molecule has 0 aromatic heterocycles. The van der Waals surface area contributed by atoms with E-state index in [0.717, 1.165) is 12.8 Å².